The zero-order chi connectivity index (χ0) is 32.7. The largest absolute Gasteiger partial charge is 0.0622 e. The van der Waals surface area contributed by atoms with Gasteiger partial charge in [-0.3, -0.25) is 0 Å². The third kappa shape index (κ3) is 3.98. The fourth-order valence-electron chi connectivity index (χ4n) is 8.94. The number of hydrogen-bond acceptors (Lipinski definition) is 0. The zero-order valence-electron chi connectivity index (χ0n) is 27.7. The standard InChI is InChI=1S/C49H34/c1-49(2)44-27-15-14-22-37(44)43-30-32-18-6-7-19-34(32)47(48(43)49)46-40-25-12-10-23-38(40)45(39-24-11-13-26-41(39)46)42-29-28-33(31-16-4-3-5-17-31)35-20-8-9-21-36(35)42/h3-30H,1-2H3. The maximum Gasteiger partial charge on any atom is 0.0165 e. The highest BCUT2D eigenvalue weighted by molar-refractivity contribution is 6.26. The van der Waals surface area contributed by atoms with E-state index in [1.807, 2.05) is 0 Å². The van der Waals surface area contributed by atoms with E-state index in [-0.39, 0.29) is 5.41 Å². The minimum absolute atomic E-state index is 0.157. The molecular weight excluding hydrogens is 589 g/mol. The van der Waals surface area contributed by atoms with E-state index < -0.39 is 0 Å². The number of fused-ring (bicyclic) bond motifs is 7. The first kappa shape index (κ1) is 28.1. The van der Waals surface area contributed by atoms with E-state index in [9.17, 15) is 0 Å². The van der Waals surface area contributed by atoms with Gasteiger partial charge in [-0.1, -0.05) is 178 Å². The molecule has 1 aliphatic carbocycles. The molecule has 0 heteroatoms. The molecule has 0 spiro atoms. The average Bonchev–Trinajstić information content (AvgIpc) is 3.39. The van der Waals surface area contributed by atoms with E-state index in [1.54, 1.807) is 0 Å². The van der Waals surface area contributed by atoms with Crippen LogP contribution >= 0.6 is 0 Å². The quantitative estimate of drug-likeness (QED) is 0.172. The topological polar surface area (TPSA) is 0 Å². The summed E-state index contributed by atoms with van der Waals surface area (Å²) in [5, 5.41) is 10.3. The van der Waals surface area contributed by atoms with Crippen molar-refractivity contribution in [2.45, 2.75) is 19.3 Å². The average molecular weight is 623 g/mol. The fraction of sp³-hybridized carbons (Fsp3) is 0.0612. The smallest absolute Gasteiger partial charge is 0.0165 e. The third-order valence-corrected chi connectivity index (χ3v) is 11.0. The molecule has 0 amide bonds. The Morgan fingerprint density at radius 3 is 1.49 bits per heavy atom. The molecular formula is C49H34. The molecule has 0 heterocycles. The monoisotopic (exact) mass is 622 g/mol. The lowest BCUT2D eigenvalue weighted by atomic mass is 9.75. The van der Waals surface area contributed by atoms with Crippen molar-refractivity contribution >= 4 is 43.1 Å². The van der Waals surface area contributed by atoms with E-state index in [0.29, 0.717) is 0 Å². The van der Waals surface area contributed by atoms with Gasteiger partial charge in [0.05, 0.1) is 0 Å². The highest BCUT2D eigenvalue weighted by Gasteiger charge is 2.39. The van der Waals surface area contributed by atoms with Crippen LogP contribution in [0.3, 0.4) is 0 Å². The van der Waals surface area contributed by atoms with Crippen LogP contribution in [-0.2, 0) is 5.41 Å². The SMILES string of the molecule is CC1(C)c2ccccc2-c2cc3ccccc3c(-c3c4ccccc4c(-c4ccc(-c5ccccc5)c5ccccc45)c4ccccc34)c21. The molecule has 0 N–H and O–H groups in total. The summed E-state index contributed by atoms with van der Waals surface area (Å²) < 4.78 is 0. The van der Waals surface area contributed by atoms with Gasteiger partial charge in [0.25, 0.3) is 0 Å². The van der Waals surface area contributed by atoms with Gasteiger partial charge in [-0.25, -0.2) is 0 Å². The van der Waals surface area contributed by atoms with Crippen LogP contribution in [0, 0.1) is 0 Å². The summed E-state index contributed by atoms with van der Waals surface area (Å²) in [4.78, 5) is 0. The predicted octanol–water partition coefficient (Wildman–Crippen LogP) is 13.6. The number of rotatable bonds is 3. The van der Waals surface area contributed by atoms with Gasteiger partial charge in [0.15, 0.2) is 0 Å². The molecule has 9 aromatic rings. The summed E-state index contributed by atoms with van der Waals surface area (Å²) in [6.45, 7) is 4.82. The predicted molar refractivity (Wildman–Crippen MR) is 210 cm³/mol. The molecule has 0 unspecified atom stereocenters. The maximum absolute atomic E-state index is 2.43. The van der Waals surface area contributed by atoms with Gasteiger partial charge >= 0.3 is 0 Å². The van der Waals surface area contributed by atoms with Gasteiger partial charge in [-0.2, -0.15) is 0 Å². The Bertz CT molecular complexity index is 2720. The first-order chi connectivity index (χ1) is 24.1. The van der Waals surface area contributed by atoms with Crippen molar-refractivity contribution in [1.82, 2.24) is 0 Å². The van der Waals surface area contributed by atoms with Crippen molar-refractivity contribution in [2.24, 2.45) is 0 Å². The molecule has 0 saturated heterocycles. The second-order valence-corrected chi connectivity index (χ2v) is 14.0. The van der Waals surface area contributed by atoms with Crippen LogP contribution in [0.2, 0.25) is 0 Å². The zero-order valence-corrected chi connectivity index (χ0v) is 27.7. The van der Waals surface area contributed by atoms with Crippen molar-refractivity contribution in [3.8, 4) is 44.5 Å². The van der Waals surface area contributed by atoms with Crippen LogP contribution in [0.4, 0.5) is 0 Å². The molecule has 0 saturated carbocycles. The van der Waals surface area contributed by atoms with Crippen molar-refractivity contribution < 1.29 is 0 Å². The summed E-state index contributed by atoms with van der Waals surface area (Å²) in [6.07, 6.45) is 0. The van der Waals surface area contributed by atoms with Crippen LogP contribution in [0.1, 0.15) is 25.0 Å². The van der Waals surface area contributed by atoms with E-state index in [0.717, 1.165) is 0 Å². The molecule has 1 aliphatic rings. The lowest BCUT2D eigenvalue weighted by molar-refractivity contribution is 0.663. The highest BCUT2D eigenvalue weighted by atomic mass is 14.4. The Hall–Kier alpha value is -5.98. The van der Waals surface area contributed by atoms with E-state index in [4.69, 9.17) is 0 Å². The van der Waals surface area contributed by atoms with Crippen LogP contribution in [0.5, 0.6) is 0 Å². The van der Waals surface area contributed by atoms with E-state index in [1.165, 1.54) is 98.7 Å². The van der Waals surface area contributed by atoms with Crippen LogP contribution in [0.15, 0.2) is 170 Å². The summed E-state index contributed by atoms with van der Waals surface area (Å²) in [5.74, 6) is 0. The van der Waals surface area contributed by atoms with Gasteiger partial charge in [-0.15, -0.1) is 0 Å². The van der Waals surface area contributed by atoms with Crippen molar-refractivity contribution in [3.05, 3.63) is 181 Å². The Morgan fingerprint density at radius 1 is 0.327 bits per heavy atom. The van der Waals surface area contributed by atoms with E-state index in [2.05, 4.69) is 184 Å². The lowest BCUT2D eigenvalue weighted by Crippen LogP contribution is -2.16. The lowest BCUT2D eigenvalue weighted by Gasteiger charge is -2.28. The maximum atomic E-state index is 2.43. The van der Waals surface area contributed by atoms with E-state index >= 15 is 0 Å². The van der Waals surface area contributed by atoms with Crippen LogP contribution in [0.25, 0.3) is 87.6 Å². The number of hydrogen-bond donors (Lipinski definition) is 0. The highest BCUT2D eigenvalue weighted by Crippen LogP contribution is 2.57. The molecule has 0 aliphatic heterocycles. The van der Waals surface area contributed by atoms with Crippen LogP contribution < -0.4 is 0 Å². The Labute approximate surface area is 286 Å². The summed E-state index contributed by atoms with van der Waals surface area (Å²) in [5.41, 5.74) is 13.1. The fourth-order valence-corrected chi connectivity index (χ4v) is 8.94. The van der Waals surface area contributed by atoms with Crippen molar-refractivity contribution in [2.75, 3.05) is 0 Å². The summed E-state index contributed by atoms with van der Waals surface area (Å²) >= 11 is 0. The molecule has 0 fully saturated rings. The van der Waals surface area contributed by atoms with Gasteiger partial charge in [0.2, 0.25) is 0 Å². The van der Waals surface area contributed by atoms with Crippen LogP contribution in [-0.4, -0.2) is 0 Å². The van der Waals surface area contributed by atoms with Gasteiger partial charge < -0.3 is 0 Å². The minimum atomic E-state index is -0.157. The molecule has 0 radical (unpaired) electrons. The van der Waals surface area contributed by atoms with Gasteiger partial charge in [0, 0.05) is 5.41 Å². The first-order valence-corrected chi connectivity index (χ1v) is 17.3. The summed E-state index contributed by atoms with van der Waals surface area (Å²) in [6, 6.07) is 63.0. The minimum Gasteiger partial charge on any atom is -0.0622 e. The molecule has 9 aromatic carbocycles. The van der Waals surface area contributed by atoms with Gasteiger partial charge in [-0.05, 0) is 105 Å². The molecule has 230 valence electrons. The molecule has 49 heavy (non-hydrogen) atoms. The van der Waals surface area contributed by atoms with Gasteiger partial charge in [0.1, 0.15) is 0 Å². The Morgan fingerprint density at radius 2 is 0.816 bits per heavy atom. The normalized spacial score (nSPS) is 13.3. The molecule has 0 aromatic heterocycles. The molecule has 0 bridgehead atoms. The first-order valence-electron chi connectivity index (χ1n) is 17.3. The van der Waals surface area contributed by atoms with Crippen molar-refractivity contribution in [3.63, 3.8) is 0 Å². The van der Waals surface area contributed by atoms with Crippen molar-refractivity contribution in [1.29, 1.82) is 0 Å². The second-order valence-electron chi connectivity index (χ2n) is 14.0. The summed E-state index contributed by atoms with van der Waals surface area (Å²) in [7, 11) is 0. The Balaban J connectivity index is 1.36. The molecule has 0 nitrogen and oxygen atoms in total. The molecule has 0 atom stereocenters. The molecule has 10 rings (SSSR count). The third-order valence-electron chi connectivity index (χ3n) is 11.0. The number of benzene rings is 9. The second kappa shape index (κ2) is 10.5. The Kier molecular flexibility index (Phi) is 6.02.